The van der Waals surface area contributed by atoms with Gasteiger partial charge in [-0.3, -0.25) is 9.59 Å². The van der Waals surface area contributed by atoms with Crippen LogP contribution in [0.5, 0.6) is 17.2 Å². The van der Waals surface area contributed by atoms with E-state index in [9.17, 15) is 9.59 Å². The van der Waals surface area contributed by atoms with Crippen molar-refractivity contribution in [2.45, 2.75) is 32.0 Å². The molecule has 8 heteroatoms. The number of methoxy groups -OCH3 is 1. The molecule has 0 radical (unpaired) electrons. The second-order valence-corrected chi connectivity index (χ2v) is 8.38. The maximum atomic E-state index is 13.5. The number of para-hydroxylation sites is 1. The highest BCUT2D eigenvalue weighted by Crippen LogP contribution is 2.33. The minimum atomic E-state index is -0.200. The van der Waals surface area contributed by atoms with Crippen LogP contribution in [-0.4, -0.2) is 48.1 Å². The second-order valence-electron chi connectivity index (χ2n) is 8.38. The molecule has 0 spiro atoms. The lowest BCUT2D eigenvalue weighted by Gasteiger charge is -2.28. The van der Waals surface area contributed by atoms with Gasteiger partial charge in [0.1, 0.15) is 18.1 Å². The Kier molecular flexibility index (Phi) is 6.12. The fourth-order valence-electron chi connectivity index (χ4n) is 4.06. The van der Waals surface area contributed by atoms with E-state index in [0.29, 0.717) is 41.7 Å². The van der Waals surface area contributed by atoms with Gasteiger partial charge in [0, 0.05) is 12.6 Å². The molecule has 1 saturated carbocycles. The standard InChI is InChI=1S/C26H26N2O6/c1-31-22-7-3-2-6-21(22)26(30)28(19-9-10-19)16-25(29)27(15-20-5-4-12-32-20)14-18-8-11-23-24(13-18)34-17-33-23/h2-8,11-13,19H,9-10,14-17H2,1H3. The summed E-state index contributed by atoms with van der Waals surface area (Å²) in [6.45, 7) is 0.807. The molecule has 8 nitrogen and oxygen atoms in total. The molecule has 0 saturated heterocycles. The molecule has 3 aromatic rings. The van der Waals surface area contributed by atoms with Crippen LogP contribution >= 0.6 is 0 Å². The van der Waals surface area contributed by atoms with Crippen LogP contribution in [0.25, 0.3) is 0 Å². The maximum Gasteiger partial charge on any atom is 0.258 e. The van der Waals surface area contributed by atoms with Gasteiger partial charge in [-0.05, 0) is 54.8 Å². The normalized spacial score (nSPS) is 14.0. The van der Waals surface area contributed by atoms with Crippen molar-refractivity contribution in [2.24, 2.45) is 0 Å². The Morgan fingerprint density at radius 2 is 1.82 bits per heavy atom. The molecule has 34 heavy (non-hydrogen) atoms. The quantitative estimate of drug-likeness (QED) is 0.481. The van der Waals surface area contributed by atoms with Crippen LogP contribution in [0.1, 0.15) is 34.5 Å². The number of amides is 2. The number of rotatable bonds is 9. The number of carbonyl (C=O) groups excluding carboxylic acids is 2. The minimum Gasteiger partial charge on any atom is -0.496 e. The summed E-state index contributed by atoms with van der Waals surface area (Å²) in [7, 11) is 1.54. The van der Waals surface area contributed by atoms with Crippen molar-refractivity contribution in [1.82, 2.24) is 9.80 Å². The summed E-state index contributed by atoms with van der Waals surface area (Å²) >= 11 is 0. The third kappa shape index (κ3) is 4.71. The van der Waals surface area contributed by atoms with Crippen LogP contribution in [0, 0.1) is 0 Å². The summed E-state index contributed by atoms with van der Waals surface area (Å²) < 4.78 is 21.8. The van der Waals surface area contributed by atoms with E-state index in [2.05, 4.69) is 0 Å². The largest absolute Gasteiger partial charge is 0.496 e. The van der Waals surface area contributed by atoms with Gasteiger partial charge >= 0.3 is 0 Å². The third-order valence-electron chi connectivity index (χ3n) is 5.98. The Bertz CT molecular complexity index is 1170. The molecule has 0 N–H and O–H groups in total. The van der Waals surface area contributed by atoms with Crippen LogP contribution in [0.15, 0.2) is 65.3 Å². The first-order valence-corrected chi connectivity index (χ1v) is 11.2. The van der Waals surface area contributed by atoms with Crippen molar-refractivity contribution in [3.63, 3.8) is 0 Å². The van der Waals surface area contributed by atoms with Crippen molar-refractivity contribution in [2.75, 3.05) is 20.4 Å². The fraction of sp³-hybridized carbons (Fsp3) is 0.308. The van der Waals surface area contributed by atoms with Gasteiger partial charge in [0.15, 0.2) is 11.5 Å². The molecule has 5 rings (SSSR count). The van der Waals surface area contributed by atoms with Gasteiger partial charge in [0.2, 0.25) is 12.7 Å². The number of ether oxygens (including phenoxy) is 3. The predicted octanol–water partition coefficient (Wildman–Crippen LogP) is 3.85. The zero-order valence-corrected chi connectivity index (χ0v) is 18.9. The molecular weight excluding hydrogens is 436 g/mol. The summed E-state index contributed by atoms with van der Waals surface area (Å²) in [4.78, 5) is 30.3. The highest BCUT2D eigenvalue weighted by molar-refractivity contribution is 5.99. The molecule has 2 heterocycles. The summed E-state index contributed by atoms with van der Waals surface area (Å²) in [6, 6.07) is 16.4. The van der Waals surface area contributed by atoms with E-state index in [1.807, 2.05) is 30.3 Å². The molecule has 0 unspecified atom stereocenters. The van der Waals surface area contributed by atoms with Gasteiger partial charge in [-0.25, -0.2) is 0 Å². The van der Waals surface area contributed by atoms with Gasteiger partial charge in [-0.2, -0.15) is 0 Å². The molecule has 176 valence electrons. The van der Waals surface area contributed by atoms with Crippen molar-refractivity contribution in [3.8, 4) is 17.2 Å². The minimum absolute atomic E-state index is 0.0210. The molecule has 1 fully saturated rings. The van der Waals surface area contributed by atoms with Crippen molar-refractivity contribution < 1.29 is 28.2 Å². The second kappa shape index (κ2) is 9.51. The Hall–Kier alpha value is -3.94. The van der Waals surface area contributed by atoms with E-state index in [1.54, 1.807) is 40.3 Å². The molecule has 2 amide bonds. The van der Waals surface area contributed by atoms with Gasteiger partial charge < -0.3 is 28.4 Å². The molecule has 2 aromatic carbocycles. The number of benzene rings is 2. The van der Waals surface area contributed by atoms with Crippen LogP contribution in [0.4, 0.5) is 0 Å². The van der Waals surface area contributed by atoms with Gasteiger partial charge in [0.05, 0.1) is 25.5 Å². The van der Waals surface area contributed by atoms with Crippen LogP contribution < -0.4 is 14.2 Å². The third-order valence-corrected chi connectivity index (χ3v) is 5.98. The van der Waals surface area contributed by atoms with Crippen molar-refractivity contribution in [1.29, 1.82) is 0 Å². The Labute approximate surface area is 197 Å². The summed E-state index contributed by atoms with van der Waals surface area (Å²) in [6.07, 6.45) is 3.35. The molecule has 0 atom stereocenters. The summed E-state index contributed by atoms with van der Waals surface area (Å²) in [5.41, 5.74) is 1.36. The molecular formula is C26H26N2O6. The van der Waals surface area contributed by atoms with E-state index in [0.717, 1.165) is 18.4 Å². The van der Waals surface area contributed by atoms with E-state index < -0.39 is 0 Å². The first-order valence-electron chi connectivity index (χ1n) is 11.2. The Balaban J connectivity index is 1.37. The Morgan fingerprint density at radius 3 is 2.59 bits per heavy atom. The summed E-state index contributed by atoms with van der Waals surface area (Å²) in [5.74, 6) is 2.16. The van der Waals surface area contributed by atoms with E-state index in [-0.39, 0.29) is 31.2 Å². The van der Waals surface area contributed by atoms with Crippen LogP contribution in [-0.2, 0) is 17.9 Å². The average Bonchev–Trinajstić information content (AvgIpc) is 3.36. The van der Waals surface area contributed by atoms with Gasteiger partial charge in [0.25, 0.3) is 5.91 Å². The summed E-state index contributed by atoms with van der Waals surface area (Å²) in [5, 5.41) is 0. The van der Waals surface area contributed by atoms with E-state index >= 15 is 0 Å². The van der Waals surface area contributed by atoms with Gasteiger partial charge in [-0.1, -0.05) is 18.2 Å². The average molecular weight is 463 g/mol. The number of carbonyl (C=O) groups is 2. The maximum absolute atomic E-state index is 13.5. The topological polar surface area (TPSA) is 81.5 Å². The SMILES string of the molecule is COc1ccccc1C(=O)N(CC(=O)N(Cc1ccc2c(c1)OCO2)Cc1ccco1)C1CC1. The highest BCUT2D eigenvalue weighted by Gasteiger charge is 2.36. The number of nitrogens with zero attached hydrogens (tertiary/aromatic N) is 2. The lowest BCUT2D eigenvalue weighted by atomic mass is 10.1. The number of hydrogen-bond acceptors (Lipinski definition) is 6. The van der Waals surface area contributed by atoms with E-state index in [4.69, 9.17) is 18.6 Å². The smallest absolute Gasteiger partial charge is 0.258 e. The van der Waals surface area contributed by atoms with Crippen LogP contribution in [0.2, 0.25) is 0 Å². The van der Waals surface area contributed by atoms with Gasteiger partial charge in [-0.15, -0.1) is 0 Å². The zero-order valence-electron chi connectivity index (χ0n) is 18.9. The zero-order chi connectivity index (χ0) is 23.5. The molecule has 1 aliphatic heterocycles. The number of fused-ring (bicyclic) bond motifs is 1. The van der Waals surface area contributed by atoms with Crippen molar-refractivity contribution in [3.05, 3.63) is 77.7 Å². The highest BCUT2D eigenvalue weighted by atomic mass is 16.7. The first kappa shape index (κ1) is 21.9. The molecule has 0 bridgehead atoms. The monoisotopic (exact) mass is 462 g/mol. The van der Waals surface area contributed by atoms with E-state index in [1.165, 1.54) is 7.11 Å². The lowest BCUT2D eigenvalue weighted by Crippen LogP contribution is -2.43. The molecule has 2 aliphatic rings. The Morgan fingerprint density at radius 1 is 1.00 bits per heavy atom. The fourth-order valence-corrected chi connectivity index (χ4v) is 4.06. The lowest BCUT2D eigenvalue weighted by molar-refractivity contribution is -0.133. The first-order chi connectivity index (χ1) is 16.6. The molecule has 1 aromatic heterocycles. The number of hydrogen-bond donors (Lipinski definition) is 0. The predicted molar refractivity (Wildman–Crippen MR) is 123 cm³/mol. The van der Waals surface area contributed by atoms with Crippen molar-refractivity contribution >= 4 is 11.8 Å². The molecule has 1 aliphatic carbocycles. The number of furan rings is 1. The van der Waals surface area contributed by atoms with Crippen LogP contribution in [0.3, 0.4) is 0 Å².